The lowest BCUT2D eigenvalue weighted by molar-refractivity contribution is -0.134. The molecule has 4 rings (SSSR count). The summed E-state index contributed by atoms with van der Waals surface area (Å²) in [5, 5.41) is 0. The zero-order chi connectivity index (χ0) is 19.7. The van der Waals surface area contributed by atoms with Crippen LogP contribution >= 0.6 is 0 Å². The van der Waals surface area contributed by atoms with Crippen molar-refractivity contribution in [3.8, 4) is 5.75 Å². The van der Waals surface area contributed by atoms with Crippen LogP contribution in [-0.4, -0.2) is 33.9 Å². The lowest BCUT2D eigenvalue weighted by Gasteiger charge is -2.23. The molecule has 2 heterocycles. The van der Waals surface area contributed by atoms with E-state index in [-0.39, 0.29) is 18.6 Å². The molecule has 5 heteroatoms. The summed E-state index contributed by atoms with van der Waals surface area (Å²) in [6.07, 6.45) is 1.91. The largest absolute Gasteiger partial charge is 0.483 e. The molecular formula is C23H27N3O2. The van der Waals surface area contributed by atoms with E-state index in [2.05, 4.69) is 31.0 Å². The van der Waals surface area contributed by atoms with Gasteiger partial charge in [0, 0.05) is 6.54 Å². The summed E-state index contributed by atoms with van der Waals surface area (Å²) in [5.41, 5.74) is 4.21. The van der Waals surface area contributed by atoms with Crippen LogP contribution in [0.2, 0.25) is 0 Å². The molecule has 1 aliphatic rings. The Hall–Kier alpha value is -2.82. The molecule has 0 saturated carbocycles. The number of aromatic amines is 1. The fraction of sp³-hybridized carbons (Fsp3) is 0.391. The molecule has 28 heavy (non-hydrogen) atoms. The molecule has 146 valence electrons. The first-order valence-electron chi connectivity index (χ1n) is 10.0. The van der Waals surface area contributed by atoms with Gasteiger partial charge in [-0.15, -0.1) is 0 Å². The maximum absolute atomic E-state index is 12.9. The van der Waals surface area contributed by atoms with Crippen LogP contribution in [0.1, 0.15) is 55.6 Å². The van der Waals surface area contributed by atoms with E-state index < -0.39 is 0 Å². The molecule has 0 bridgehead atoms. The number of imidazole rings is 1. The number of fused-ring (bicyclic) bond motifs is 1. The average molecular weight is 377 g/mol. The minimum absolute atomic E-state index is 0.00778. The number of hydrogen-bond donors (Lipinski definition) is 1. The van der Waals surface area contributed by atoms with E-state index in [1.54, 1.807) is 0 Å². The maximum atomic E-state index is 12.9. The first-order valence-corrected chi connectivity index (χ1v) is 10.0. The number of benzene rings is 2. The van der Waals surface area contributed by atoms with Crippen LogP contribution in [0, 0.1) is 6.92 Å². The summed E-state index contributed by atoms with van der Waals surface area (Å²) in [4.78, 5) is 22.9. The van der Waals surface area contributed by atoms with Crippen molar-refractivity contribution < 1.29 is 9.53 Å². The molecule has 5 nitrogen and oxygen atoms in total. The number of nitrogens with one attached hydrogen (secondary N) is 1. The molecule has 0 unspecified atom stereocenters. The summed E-state index contributed by atoms with van der Waals surface area (Å²) in [6, 6.07) is 14.2. The Morgan fingerprint density at radius 1 is 1.29 bits per heavy atom. The van der Waals surface area contributed by atoms with E-state index in [1.807, 2.05) is 42.2 Å². The number of likely N-dealkylation sites (tertiary alicyclic amines) is 1. The first kappa shape index (κ1) is 18.5. The molecule has 1 fully saturated rings. The van der Waals surface area contributed by atoms with Gasteiger partial charge in [0.05, 0.1) is 17.1 Å². The van der Waals surface area contributed by atoms with Gasteiger partial charge in [0.1, 0.15) is 11.6 Å². The van der Waals surface area contributed by atoms with Crippen molar-refractivity contribution in [2.24, 2.45) is 0 Å². The van der Waals surface area contributed by atoms with Crippen molar-refractivity contribution >= 4 is 16.9 Å². The summed E-state index contributed by atoms with van der Waals surface area (Å²) in [5.74, 6) is 2.09. The Bertz CT molecular complexity index is 959. The molecule has 1 amide bonds. The predicted octanol–water partition coefficient (Wildman–Crippen LogP) is 4.74. The van der Waals surface area contributed by atoms with Gasteiger partial charge < -0.3 is 14.6 Å². The molecule has 0 aliphatic carbocycles. The average Bonchev–Trinajstić information content (AvgIpc) is 3.33. The van der Waals surface area contributed by atoms with Gasteiger partial charge in [0.25, 0.3) is 5.91 Å². The van der Waals surface area contributed by atoms with Crippen LogP contribution in [0.15, 0.2) is 42.5 Å². The van der Waals surface area contributed by atoms with E-state index in [0.29, 0.717) is 5.92 Å². The van der Waals surface area contributed by atoms with E-state index in [9.17, 15) is 4.79 Å². The van der Waals surface area contributed by atoms with E-state index >= 15 is 0 Å². The minimum Gasteiger partial charge on any atom is -0.483 e. The van der Waals surface area contributed by atoms with Crippen molar-refractivity contribution in [1.82, 2.24) is 14.9 Å². The van der Waals surface area contributed by atoms with E-state index in [0.717, 1.165) is 47.6 Å². The molecule has 1 aliphatic heterocycles. The molecule has 2 aromatic carbocycles. The Balaban J connectivity index is 1.47. The Morgan fingerprint density at radius 2 is 2.11 bits per heavy atom. The normalized spacial score (nSPS) is 16.9. The second kappa shape index (κ2) is 7.66. The Kier molecular flexibility index (Phi) is 5.07. The van der Waals surface area contributed by atoms with E-state index in [1.165, 1.54) is 5.56 Å². The number of rotatable bonds is 5. The van der Waals surface area contributed by atoms with Crippen molar-refractivity contribution in [1.29, 1.82) is 0 Å². The molecule has 1 aromatic heterocycles. The van der Waals surface area contributed by atoms with Crippen molar-refractivity contribution in [2.45, 2.75) is 45.6 Å². The fourth-order valence-electron chi connectivity index (χ4n) is 3.83. The lowest BCUT2D eigenvalue weighted by Crippen LogP contribution is -2.35. The monoisotopic (exact) mass is 377 g/mol. The zero-order valence-electron chi connectivity index (χ0n) is 16.7. The van der Waals surface area contributed by atoms with Crippen molar-refractivity contribution in [2.75, 3.05) is 13.2 Å². The van der Waals surface area contributed by atoms with Crippen molar-refractivity contribution in [3.05, 3.63) is 59.4 Å². The van der Waals surface area contributed by atoms with Gasteiger partial charge in [-0.05, 0) is 55.0 Å². The third kappa shape index (κ3) is 3.61. The van der Waals surface area contributed by atoms with Crippen LogP contribution < -0.4 is 4.74 Å². The molecule has 0 spiro atoms. The summed E-state index contributed by atoms with van der Waals surface area (Å²) < 4.78 is 5.92. The molecule has 1 saturated heterocycles. The van der Waals surface area contributed by atoms with Gasteiger partial charge in [-0.2, -0.15) is 0 Å². The van der Waals surface area contributed by atoms with E-state index in [4.69, 9.17) is 9.72 Å². The van der Waals surface area contributed by atoms with Gasteiger partial charge in [0.2, 0.25) is 0 Å². The fourth-order valence-corrected chi connectivity index (χ4v) is 3.83. The van der Waals surface area contributed by atoms with Crippen LogP contribution in [0.4, 0.5) is 0 Å². The van der Waals surface area contributed by atoms with Crippen LogP contribution in [0.25, 0.3) is 11.0 Å². The molecule has 1 N–H and O–H groups in total. The SMILES string of the molecule is Cc1ccc(C(C)C)cc1OCC(=O)N1CCC[C@@H]1c1nc2ccccc2[nH]1. The highest BCUT2D eigenvalue weighted by Gasteiger charge is 2.32. The highest BCUT2D eigenvalue weighted by molar-refractivity contribution is 5.79. The zero-order valence-corrected chi connectivity index (χ0v) is 16.7. The number of H-pyrrole nitrogens is 1. The number of para-hydroxylation sites is 2. The van der Waals surface area contributed by atoms with Gasteiger partial charge in [0.15, 0.2) is 6.61 Å². The van der Waals surface area contributed by atoms with Gasteiger partial charge in [-0.3, -0.25) is 4.79 Å². The minimum atomic E-state index is -0.00778. The third-order valence-corrected chi connectivity index (χ3v) is 5.53. The van der Waals surface area contributed by atoms with Gasteiger partial charge in [-0.1, -0.05) is 38.1 Å². The number of carbonyl (C=O) groups excluding carboxylic acids is 1. The number of aromatic nitrogens is 2. The molecular weight excluding hydrogens is 350 g/mol. The molecule has 3 aromatic rings. The number of ether oxygens (including phenoxy) is 1. The highest BCUT2D eigenvalue weighted by atomic mass is 16.5. The number of hydrogen-bond acceptors (Lipinski definition) is 3. The number of nitrogens with zero attached hydrogens (tertiary/aromatic N) is 2. The maximum Gasteiger partial charge on any atom is 0.261 e. The van der Waals surface area contributed by atoms with Crippen molar-refractivity contribution in [3.63, 3.8) is 0 Å². The number of amides is 1. The lowest BCUT2D eigenvalue weighted by atomic mass is 10.0. The second-order valence-corrected chi connectivity index (χ2v) is 7.85. The van der Waals surface area contributed by atoms with Gasteiger partial charge >= 0.3 is 0 Å². The Morgan fingerprint density at radius 3 is 2.89 bits per heavy atom. The molecule has 1 atom stereocenters. The molecule has 0 radical (unpaired) electrons. The second-order valence-electron chi connectivity index (χ2n) is 7.85. The Labute approximate surface area is 165 Å². The van der Waals surface area contributed by atoms with Crippen LogP contribution in [-0.2, 0) is 4.79 Å². The van der Waals surface area contributed by atoms with Crippen LogP contribution in [0.5, 0.6) is 5.75 Å². The van der Waals surface area contributed by atoms with Crippen LogP contribution in [0.3, 0.4) is 0 Å². The first-order chi connectivity index (χ1) is 13.5. The smallest absolute Gasteiger partial charge is 0.261 e. The van der Waals surface area contributed by atoms with Gasteiger partial charge in [-0.25, -0.2) is 4.98 Å². The number of carbonyl (C=O) groups is 1. The summed E-state index contributed by atoms with van der Waals surface area (Å²) in [7, 11) is 0. The standard InChI is InChI=1S/C23H27N3O2/c1-15(2)17-11-10-16(3)21(13-17)28-14-22(27)26-12-6-9-20(26)23-24-18-7-4-5-8-19(18)25-23/h4-5,7-8,10-11,13,15,20H,6,9,12,14H2,1-3H3,(H,24,25)/t20-/m1/s1. The summed E-state index contributed by atoms with van der Waals surface area (Å²) >= 11 is 0. The summed E-state index contributed by atoms with van der Waals surface area (Å²) in [6.45, 7) is 7.12. The topological polar surface area (TPSA) is 58.2 Å². The number of aryl methyl sites for hydroxylation is 1. The predicted molar refractivity (Wildman–Crippen MR) is 111 cm³/mol. The quantitative estimate of drug-likeness (QED) is 0.699. The highest BCUT2D eigenvalue weighted by Crippen LogP contribution is 2.32. The third-order valence-electron chi connectivity index (χ3n) is 5.53.